The van der Waals surface area contributed by atoms with Crippen LogP contribution in [-0.4, -0.2) is 9.97 Å². The Morgan fingerprint density at radius 2 is 0.909 bits per heavy atom. The van der Waals surface area contributed by atoms with Gasteiger partial charge in [-0.3, -0.25) is 0 Å². The van der Waals surface area contributed by atoms with Gasteiger partial charge in [0.2, 0.25) is 0 Å². The minimum Gasteiger partial charge on any atom is -0.228 e. The highest BCUT2D eigenvalue weighted by Gasteiger charge is 2.18. The lowest BCUT2D eigenvalue weighted by atomic mass is 9.90. The van der Waals surface area contributed by atoms with E-state index in [9.17, 15) is 0 Å². The lowest BCUT2D eigenvalue weighted by Gasteiger charge is -2.16. The fourth-order valence-corrected chi connectivity index (χ4v) is 6.75. The second-order valence-corrected chi connectivity index (χ2v) is 11.4. The first kappa shape index (κ1) is 24.7. The summed E-state index contributed by atoms with van der Waals surface area (Å²) in [5, 5.41) is 10.8. The van der Waals surface area contributed by atoms with E-state index in [2.05, 4.69) is 158 Å². The maximum atomic E-state index is 5.36. The van der Waals surface area contributed by atoms with Gasteiger partial charge < -0.3 is 0 Å². The summed E-state index contributed by atoms with van der Waals surface area (Å²) in [4.78, 5) is 10.6. The Balaban J connectivity index is 1.35. The zero-order chi connectivity index (χ0) is 29.0. The fourth-order valence-electron chi connectivity index (χ4n) is 6.75. The summed E-state index contributed by atoms with van der Waals surface area (Å²) >= 11 is 0. The van der Waals surface area contributed by atoms with Gasteiger partial charge in [-0.05, 0) is 61.0 Å². The number of hydrogen-bond acceptors (Lipinski definition) is 2. The molecule has 0 aliphatic carbocycles. The molecule has 204 valence electrons. The zero-order valence-corrected chi connectivity index (χ0v) is 23.9. The van der Waals surface area contributed by atoms with E-state index in [1.54, 1.807) is 0 Å². The number of rotatable bonds is 3. The van der Waals surface area contributed by atoms with Gasteiger partial charge >= 0.3 is 0 Å². The Labute approximate surface area is 254 Å². The molecule has 0 saturated carbocycles. The number of hydrogen-bond donors (Lipinski definition) is 0. The molecule has 0 radical (unpaired) electrons. The van der Waals surface area contributed by atoms with E-state index in [1.807, 2.05) is 0 Å². The molecule has 0 aliphatic rings. The van der Waals surface area contributed by atoms with Crippen LogP contribution in [0.1, 0.15) is 0 Å². The standard InChI is InChI=1S/C42H26N2/c1-2-10-27(11-3-1)28-18-21-31(22-19-28)41-35-16-8-9-17-38(35)43-42(44-41)37-26-32-23-20-29-12-4-6-14-33(29)39(32)36-25-24-30-13-5-7-15-34(30)40(36)37/h1-26H. The molecule has 0 spiro atoms. The first-order chi connectivity index (χ1) is 21.8. The summed E-state index contributed by atoms with van der Waals surface area (Å²) in [5.41, 5.74) is 6.39. The van der Waals surface area contributed by atoms with Crippen molar-refractivity contribution >= 4 is 54.0 Å². The van der Waals surface area contributed by atoms with Gasteiger partial charge in [0.1, 0.15) is 0 Å². The molecule has 9 aromatic rings. The summed E-state index contributed by atoms with van der Waals surface area (Å²) in [6, 6.07) is 56.1. The second-order valence-electron chi connectivity index (χ2n) is 11.4. The maximum absolute atomic E-state index is 5.36. The molecule has 0 bridgehead atoms. The van der Waals surface area contributed by atoms with Crippen LogP contribution >= 0.6 is 0 Å². The predicted octanol–water partition coefficient (Wildman–Crippen LogP) is 11.2. The van der Waals surface area contributed by atoms with Crippen LogP contribution < -0.4 is 0 Å². The Kier molecular flexibility index (Phi) is 5.54. The third kappa shape index (κ3) is 3.89. The molecule has 1 heterocycles. The van der Waals surface area contributed by atoms with Crippen LogP contribution in [0.25, 0.3) is 87.8 Å². The molecular formula is C42H26N2. The Bertz CT molecular complexity index is 2530. The topological polar surface area (TPSA) is 25.8 Å². The van der Waals surface area contributed by atoms with Crippen LogP contribution in [0.4, 0.5) is 0 Å². The van der Waals surface area contributed by atoms with Crippen molar-refractivity contribution in [3.63, 3.8) is 0 Å². The van der Waals surface area contributed by atoms with E-state index in [1.165, 1.54) is 54.2 Å². The molecule has 0 fully saturated rings. The molecule has 9 rings (SSSR count). The molecular weight excluding hydrogens is 532 g/mol. The first-order valence-electron chi connectivity index (χ1n) is 15.0. The Morgan fingerprint density at radius 3 is 1.68 bits per heavy atom. The van der Waals surface area contributed by atoms with Gasteiger partial charge in [-0.15, -0.1) is 0 Å². The van der Waals surface area contributed by atoms with Gasteiger partial charge in [0.25, 0.3) is 0 Å². The van der Waals surface area contributed by atoms with E-state index in [0.717, 1.165) is 33.5 Å². The van der Waals surface area contributed by atoms with E-state index in [0.29, 0.717) is 0 Å². The molecule has 0 N–H and O–H groups in total. The number of nitrogens with zero attached hydrogens (tertiary/aromatic N) is 2. The van der Waals surface area contributed by atoms with Crippen molar-refractivity contribution in [3.8, 4) is 33.8 Å². The summed E-state index contributed by atoms with van der Waals surface area (Å²) in [7, 11) is 0. The van der Waals surface area contributed by atoms with Gasteiger partial charge in [0.15, 0.2) is 5.82 Å². The number of para-hydroxylation sites is 1. The van der Waals surface area contributed by atoms with Crippen molar-refractivity contribution in [2.45, 2.75) is 0 Å². The van der Waals surface area contributed by atoms with Gasteiger partial charge in [0.05, 0.1) is 11.2 Å². The highest BCUT2D eigenvalue weighted by Crippen LogP contribution is 2.42. The third-order valence-electron chi connectivity index (χ3n) is 8.84. The molecule has 2 nitrogen and oxygen atoms in total. The van der Waals surface area contributed by atoms with Gasteiger partial charge in [-0.2, -0.15) is 0 Å². The molecule has 0 aliphatic heterocycles. The van der Waals surface area contributed by atoms with Crippen LogP contribution in [-0.2, 0) is 0 Å². The zero-order valence-electron chi connectivity index (χ0n) is 23.9. The minimum absolute atomic E-state index is 0.738. The van der Waals surface area contributed by atoms with Gasteiger partial charge in [-0.1, -0.05) is 146 Å². The fraction of sp³-hybridized carbons (Fsp3) is 0. The van der Waals surface area contributed by atoms with Crippen LogP contribution in [0.2, 0.25) is 0 Å². The highest BCUT2D eigenvalue weighted by atomic mass is 14.9. The largest absolute Gasteiger partial charge is 0.228 e. The van der Waals surface area contributed by atoms with Crippen molar-refractivity contribution in [1.29, 1.82) is 0 Å². The average Bonchev–Trinajstić information content (AvgIpc) is 3.10. The first-order valence-corrected chi connectivity index (χ1v) is 15.0. The lowest BCUT2D eigenvalue weighted by molar-refractivity contribution is 1.24. The lowest BCUT2D eigenvalue weighted by Crippen LogP contribution is -1.97. The number of fused-ring (bicyclic) bond motifs is 8. The van der Waals surface area contributed by atoms with Gasteiger partial charge in [0, 0.05) is 21.9 Å². The van der Waals surface area contributed by atoms with E-state index >= 15 is 0 Å². The minimum atomic E-state index is 0.738. The van der Waals surface area contributed by atoms with Crippen molar-refractivity contribution in [2.75, 3.05) is 0 Å². The molecule has 8 aromatic carbocycles. The number of aromatic nitrogens is 2. The van der Waals surface area contributed by atoms with Crippen LogP contribution in [0.5, 0.6) is 0 Å². The monoisotopic (exact) mass is 558 g/mol. The number of benzene rings is 8. The smallest absolute Gasteiger partial charge is 0.161 e. The van der Waals surface area contributed by atoms with E-state index in [-0.39, 0.29) is 0 Å². The molecule has 0 saturated heterocycles. The Morgan fingerprint density at radius 1 is 0.341 bits per heavy atom. The van der Waals surface area contributed by atoms with Crippen LogP contribution in [0.15, 0.2) is 158 Å². The van der Waals surface area contributed by atoms with Crippen LogP contribution in [0.3, 0.4) is 0 Å². The van der Waals surface area contributed by atoms with Crippen LogP contribution in [0, 0.1) is 0 Å². The molecule has 2 heteroatoms. The molecule has 0 unspecified atom stereocenters. The Hall–Kier alpha value is -5.86. The quantitative estimate of drug-likeness (QED) is 0.202. The molecule has 44 heavy (non-hydrogen) atoms. The van der Waals surface area contributed by atoms with Gasteiger partial charge in [-0.25, -0.2) is 9.97 Å². The third-order valence-corrected chi connectivity index (χ3v) is 8.84. The summed E-state index contributed by atoms with van der Waals surface area (Å²) in [6.07, 6.45) is 0. The maximum Gasteiger partial charge on any atom is 0.161 e. The van der Waals surface area contributed by atoms with Crippen molar-refractivity contribution in [1.82, 2.24) is 9.97 Å². The van der Waals surface area contributed by atoms with Crippen molar-refractivity contribution in [2.24, 2.45) is 0 Å². The summed E-state index contributed by atoms with van der Waals surface area (Å²) in [5.74, 6) is 0.738. The van der Waals surface area contributed by atoms with E-state index < -0.39 is 0 Å². The summed E-state index contributed by atoms with van der Waals surface area (Å²) < 4.78 is 0. The normalized spacial score (nSPS) is 11.6. The summed E-state index contributed by atoms with van der Waals surface area (Å²) in [6.45, 7) is 0. The average molecular weight is 559 g/mol. The predicted molar refractivity (Wildman–Crippen MR) is 186 cm³/mol. The SMILES string of the molecule is c1ccc(-c2ccc(-c3nc(-c4cc5ccc6ccccc6c5c5ccc6ccccc6c45)nc4ccccc34)cc2)cc1. The van der Waals surface area contributed by atoms with Crippen molar-refractivity contribution < 1.29 is 0 Å². The molecule has 0 amide bonds. The van der Waals surface area contributed by atoms with Crippen molar-refractivity contribution in [3.05, 3.63) is 158 Å². The molecule has 0 atom stereocenters. The van der Waals surface area contributed by atoms with E-state index in [4.69, 9.17) is 9.97 Å². The second kappa shape index (κ2) is 9.86. The highest BCUT2D eigenvalue weighted by molar-refractivity contribution is 6.28. The molecule has 1 aromatic heterocycles.